The molecule has 0 heterocycles. The Balaban J connectivity index is 2.87. The van der Waals surface area contributed by atoms with E-state index in [-0.39, 0.29) is 13.1 Å². The van der Waals surface area contributed by atoms with Crippen LogP contribution in [0.15, 0.2) is 12.1 Å². The van der Waals surface area contributed by atoms with Crippen molar-refractivity contribution < 1.29 is 32.2 Å². The maximum Gasteiger partial charge on any atom is 0.310 e. The molecule has 1 unspecified atom stereocenters. The molecule has 27 heavy (non-hydrogen) atoms. The van der Waals surface area contributed by atoms with Crippen molar-refractivity contribution in [3.8, 4) is 0 Å². The number of unbranched alkanes of at least 4 members (excludes halogenated alkanes) is 1. The van der Waals surface area contributed by atoms with Gasteiger partial charge >= 0.3 is 5.97 Å². The van der Waals surface area contributed by atoms with Crippen LogP contribution >= 0.6 is 0 Å². The smallest absolute Gasteiger partial charge is 0.310 e. The molecule has 0 bridgehead atoms. The van der Waals surface area contributed by atoms with Gasteiger partial charge in [0.1, 0.15) is 0 Å². The molecule has 1 aromatic carbocycles. The molecule has 0 aromatic heterocycles. The Labute approximate surface area is 157 Å². The second-order valence-corrected chi connectivity index (χ2v) is 6.22. The van der Waals surface area contributed by atoms with Gasteiger partial charge in [0.25, 0.3) is 5.91 Å². The molecule has 1 aromatic rings. The van der Waals surface area contributed by atoms with Crippen molar-refractivity contribution in [2.24, 2.45) is 5.92 Å². The highest BCUT2D eigenvalue weighted by atomic mass is 19.2. The molecule has 1 rings (SSSR count). The third-order valence-electron chi connectivity index (χ3n) is 4.01. The highest BCUT2D eigenvalue weighted by Crippen LogP contribution is 2.18. The first kappa shape index (κ1) is 23.0. The van der Waals surface area contributed by atoms with Crippen LogP contribution in [-0.4, -0.2) is 50.2 Å². The molecule has 0 aliphatic rings. The van der Waals surface area contributed by atoms with E-state index in [1.807, 2.05) is 6.92 Å². The Kier molecular flexibility index (Phi) is 9.85. The summed E-state index contributed by atoms with van der Waals surface area (Å²) in [6.07, 6.45) is 2.37. The molecular formula is C19H26F3NO4. The summed E-state index contributed by atoms with van der Waals surface area (Å²) in [5.41, 5.74) is -0.585. The van der Waals surface area contributed by atoms with Crippen LogP contribution in [0.2, 0.25) is 0 Å². The lowest BCUT2D eigenvalue weighted by molar-refractivity contribution is -0.145. The fourth-order valence-electron chi connectivity index (χ4n) is 2.45. The summed E-state index contributed by atoms with van der Waals surface area (Å²) in [5, 5.41) is 0. The lowest BCUT2D eigenvalue weighted by atomic mass is 10.1. The van der Waals surface area contributed by atoms with Crippen molar-refractivity contribution in [1.82, 2.24) is 4.90 Å². The molecule has 0 fully saturated rings. The topological polar surface area (TPSA) is 55.8 Å². The summed E-state index contributed by atoms with van der Waals surface area (Å²) in [4.78, 5) is 25.5. The predicted molar refractivity (Wildman–Crippen MR) is 93.7 cm³/mol. The van der Waals surface area contributed by atoms with Crippen LogP contribution in [0.4, 0.5) is 13.2 Å². The van der Waals surface area contributed by atoms with Gasteiger partial charge in [0.2, 0.25) is 0 Å². The summed E-state index contributed by atoms with van der Waals surface area (Å²) < 4.78 is 50.6. The van der Waals surface area contributed by atoms with Crippen molar-refractivity contribution in [3.63, 3.8) is 0 Å². The Bertz CT molecular complexity index is 640. The van der Waals surface area contributed by atoms with Gasteiger partial charge in [-0.25, -0.2) is 13.2 Å². The second-order valence-electron chi connectivity index (χ2n) is 6.22. The number of nitrogens with zero attached hydrogens (tertiary/aromatic N) is 1. The van der Waals surface area contributed by atoms with Crippen LogP contribution in [0, 0.1) is 23.4 Å². The standard InChI is InChI=1S/C19H26F3NO4/c1-4-5-10-27-11-6-9-23(12-13(2)19(25)26-3)18(24)14-7-8-15(20)17(22)16(14)21/h7-8,13H,4-6,9-12H2,1-3H3. The zero-order chi connectivity index (χ0) is 20.4. The predicted octanol–water partition coefficient (Wildman–Crippen LogP) is 3.56. The molecule has 0 saturated carbocycles. The Morgan fingerprint density at radius 1 is 1.11 bits per heavy atom. The highest BCUT2D eigenvalue weighted by molar-refractivity contribution is 5.94. The minimum absolute atomic E-state index is 0.0428. The molecule has 0 aliphatic carbocycles. The SMILES string of the molecule is CCCCOCCCN(CC(C)C(=O)OC)C(=O)c1ccc(F)c(F)c1F. The van der Waals surface area contributed by atoms with Crippen LogP contribution in [0.3, 0.4) is 0 Å². The van der Waals surface area contributed by atoms with Crippen molar-refractivity contribution in [1.29, 1.82) is 0 Å². The fourth-order valence-corrected chi connectivity index (χ4v) is 2.45. The molecule has 0 N–H and O–H groups in total. The molecule has 1 amide bonds. The van der Waals surface area contributed by atoms with Gasteiger partial charge < -0.3 is 14.4 Å². The van der Waals surface area contributed by atoms with Gasteiger partial charge in [0, 0.05) is 26.3 Å². The normalized spacial score (nSPS) is 11.9. The Morgan fingerprint density at radius 2 is 1.78 bits per heavy atom. The average Bonchev–Trinajstić information content (AvgIpc) is 2.66. The number of amides is 1. The monoisotopic (exact) mass is 389 g/mol. The van der Waals surface area contributed by atoms with Gasteiger partial charge in [-0.2, -0.15) is 0 Å². The molecule has 1 atom stereocenters. The second kappa shape index (κ2) is 11.6. The molecule has 0 radical (unpaired) electrons. The third kappa shape index (κ3) is 6.86. The van der Waals surface area contributed by atoms with E-state index in [1.165, 1.54) is 12.0 Å². The van der Waals surface area contributed by atoms with Crippen LogP contribution in [0.5, 0.6) is 0 Å². The van der Waals surface area contributed by atoms with E-state index in [1.54, 1.807) is 6.92 Å². The van der Waals surface area contributed by atoms with Gasteiger partial charge in [0.05, 0.1) is 18.6 Å². The molecule has 0 aliphatic heterocycles. The van der Waals surface area contributed by atoms with Crippen molar-refractivity contribution in [2.75, 3.05) is 33.4 Å². The van der Waals surface area contributed by atoms with Gasteiger partial charge in [-0.3, -0.25) is 9.59 Å². The van der Waals surface area contributed by atoms with E-state index in [0.29, 0.717) is 25.7 Å². The van der Waals surface area contributed by atoms with Crippen LogP contribution in [0.1, 0.15) is 43.5 Å². The number of ether oxygens (including phenoxy) is 2. The first-order valence-corrected chi connectivity index (χ1v) is 8.91. The van der Waals surface area contributed by atoms with Crippen LogP contribution < -0.4 is 0 Å². The molecule has 0 saturated heterocycles. The van der Waals surface area contributed by atoms with E-state index in [4.69, 9.17) is 4.74 Å². The molecule has 152 valence electrons. The van der Waals surface area contributed by atoms with E-state index < -0.39 is 40.8 Å². The molecular weight excluding hydrogens is 363 g/mol. The maximum absolute atomic E-state index is 14.0. The number of hydrogen-bond acceptors (Lipinski definition) is 4. The summed E-state index contributed by atoms with van der Waals surface area (Å²) in [6.45, 7) is 4.71. The summed E-state index contributed by atoms with van der Waals surface area (Å²) in [6, 6.07) is 1.59. The first-order chi connectivity index (χ1) is 12.8. The molecule has 0 spiro atoms. The number of carbonyl (C=O) groups excluding carboxylic acids is 2. The van der Waals surface area contributed by atoms with Gasteiger partial charge in [0.15, 0.2) is 17.5 Å². The van der Waals surface area contributed by atoms with Crippen LogP contribution in [0.25, 0.3) is 0 Å². The number of carbonyl (C=O) groups is 2. The van der Waals surface area contributed by atoms with Crippen LogP contribution in [-0.2, 0) is 14.3 Å². The number of benzene rings is 1. The lowest BCUT2D eigenvalue weighted by Gasteiger charge is -2.25. The average molecular weight is 389 g/mol. The van der Waals surface area contributed by atoms with E-state index >= 15 is 0 Å². The summed E-state index contributed by atoms with van der Waals surface area (Å²) in [5.74, 6) is -6.63. The molecule has 5 nitrogen and oxygen atoms in total. The zero-order valence-corrected chi connectivity index (χ0v) is 15.9. The quantitative estimate of drug-likeness (QED) is 0.330. The van der Waals surface area contributed by atoms with Crippen molar-refractivity contribution in [3.05, 3.63) is 35.1 Å². The number of esters is 1. The molecule has 8 heteroatoms. The fraction of sp³-hybridized carbons (Fsp3) is 0.579. The number of halogens is 3. The van der Waals surface area contributed by atoms with Gasteiger partial charge in [-0.05, 0) is 25.0 Å². The lowest BCUT2D eigenvalue weighted by Crippen LogP contribution is -2.39. The van der Waals surface area contributed by atoms with E-state index in [0.717, 1.165) is 18.9 Å². The number of hydrogen-bond donors (Lipinski definition) is 0. The minimum Gasteiger partial charge on any atom is -0.469 e. The van der Waals surface area contributed by atoms with E-state index in [9.17, 15) is 22.8 Å². The number of methoxy groups -OCH3 is 1. The minimum atomic E-state index is -1.70. The van der Waals surface area contributed by atoms with Gasteiger partial charge in [-0.1, -0.05) is 20.3 Å². The Morgan fingerprint density at radius 3 is 2.41 bits per heavy atom. The van der Waals surface area contributed by atoms with E-state index in [2.05, 4.69) is 4.74 Å². The largest absolute Gasteiger partial charge is 0.469 e. The number of rotatable bonds is 11. The Hall–Kier alpha value is -2.09. The maximum atomic E-state index is 14.0. The summed E-state index contributed by atoms with van der Waals surface area (Å²) >= 11 is 0. The zero-order valence-electron chi connectivity index (χ0n) is 15.9. The summed E-state index contributed by atoms with van der Waals surface area (Å²) in [7, 11) is 1.22. The highest BCUT2D eigenvalue weighted by Gasteiger charge is 2.26. The van der Waals surface area contributed by atoms with Crippen molar-refractivity contribution in [2.45, 2.75) is 33.1 Å². The van der Waals surface area contributed by atoms with Gasteiger partial charge in [-0.15, -0.1) is 0 Å². The third-order valence-corrected chi connectivity index (χ3v) is 4.01. The first-order valence-electron chi connectivity index (χ1n) is 8.91. The van der Waals surface area contributed by atoms with Crippen molar-refractivity contribution >= 4 is 11.9 Å².